The fraction of sp³-hybridized carbons (Fsp3) is 0.333. The third-order valence-electron chi connectivity index (χ3n) is 3.23. The number of nitrogens with one attached hydrogen (secondary N) is 1. The van der Waals surface area contributed by atoms with Gasteiger partial charge in [0.15, 0.2) is 0 Å². The summed E-state index contributed by atoms with van der Waals surface area (Å²) in [6.45, 7) is 0.177. The zero-order chi connectivity index (χ0) is 11.0. The smallest absolute Gasteiger partial charge is 0.115 e. The number of pyridine rings is 1. The molecule has 1 aliphatic rings. The monoisotopic (exact) mass is 215 g/mol. The maximum absolute atomic E-state index is 9.32. The van der Waals surface area contributed by atoms with Gasteiger partial charge in [-0.2, -0.15) is 0 Å². The molecule has 1 aliphatic carbocycles. The molecule has 4 nitrogen and oxygen atoms in total. The van der Waals surface area contributed by atoms with Crippen molar-refractivity contribution in [2.75, 3.05) is 6.61 Å². The highest BCUT2D eigenvalue weighted by atomic mass is 16.3. The van der Waals surface area contributed by atoms with Crippen LogP contribution in [0.2, 0.25) is 0 Å². The second kappa shape index (κ2) is 3.42. The molecule has 2 heterocycles. The summed E-state index contributed by atoms with van der Waals surface area (Å²) < 4.78 is 0. The molecule has 4 heteroatoms. The van der Waals surface area contributed by atoms with Gasteiger partial charge in [0.1, 0.15) is 5.82 Å². The van der Waals surface area contributed by atoms with Gasteiger partial charge in [0.25, 0.3) is 0 Å². The fourth-order valence-corrected chi connectivity index (χ4v) is 1.89. The standard InChI is InChI=1S/C12H13N3O/c16-8-12(3-4-12)11-14-7-10(15-11)9-1-5-13-6-2-9/h1-2,5-7,16H,3-4,8H2,(H,14,15). The third-order valence-corrected chi connectivity index (χ3v) is 3.23. The summed E-state index contributed by atoms with van der Waals surface area (Å²) >= 11 is 0. The van der Waals surface area contributed by atoms with Crippen LogP contribution in [0, 0.1) is 0 Å². The molecule has 0 atom stereocenters. The topological polar surface area (TPSA) is 61.8 Å². The molecule has 1 saturated carbocycles. The number of H-pyrrole nitrogens is 1. The molecule has 2 aromatic heterocycles. The van der Waals surface area contributed by atoms with E-state index in [1.54, 1.807) is 12.4 Å². The number of aliphatic hydroxyl groups excluding tert-OH is 1. The predicted molar refractivity (Wildman–Crippen MR) is 59.8 cm³/mol. The van der Waals surface area contributed by atoms with Crippen LogP contribution < -0.4 is 0 Å². The molecule has 0 spiro atoms. The van der Waals surface area contributed by atoms with Crippen LogP contribution in [0.3, 0.4) is 0 Å². The Labute approximate surface area is 93.4 Å². The van der Waals surface area contributed by atoms with Crippen molar-refractivity contribution in [3.8, 4) is 11.3 Å². The predicted octanol–water partition coefficient (Wildman–Crippen LogP) is 1.50. The van der Waals surface area contributed by atoms with E-state index in [1.165, 1.54) is 0 Å². The van der Waals surface area contributed by atoms with E-state index in [9.17, 15) is 5.11 Å². The SMILES string of the molecule is OCC1(c2ncc(-c3ccncc3)[nH]2)CC1. The van der Waals surface area contributed by atoms with Crippen molar-refractivity contribution in [3.63, 3.8) is 0 Å². The number of nitrogens with zero attached hydrogens (tertiary/aromatic N) is 2. The second-order valence-electron chi connectivity index (χ2n) is 4.32. The van der Waals surface area contributed by atoms with E-state index >= 15 is 0 Å². The van der Waals surface area contributed by atoms with Crippen molar-refractivity contribution in [1.29, 1.82) is 0 Å². The fourth-order valence-electron chi connectivity index (χ4n) is 1.89. The van der Waals surface area contributed by atoms with Crippen molar-refractivity contribution >= 4 is 0 Å². The van der Waals surface area contributed by atoms with Crippen LogP contribution in [0.4, 0.5) is 0 Å². The van der Waals surface area contributed by atoms with Crippen LogP contribution in [-0.2, 0) is 5.41 Å². The Morgan fingerprint density at radius 3 is 2.69 bits per heavy atom. The molecule has 2 aromatic rings. The Morgan fingerprint density at radius 2 is 2.06 bits per heavy atom. The van der Waals surface area contributed by atoms with Gasteiger partial charge in [-0.1, -0.05) is 0 Å². The molecule has 0 unspecified atom stereocenters. The van der Waals surface area contributed by atoms with Crippen LogP contribution in [0.5, 0.6) is 0 Å². The molecule has 82 valence electrons. The minimum atomic E-state index is -0.0920. The Hall–Kier alpha value is -1.68. The summed E-state index contributed by atoms with van der Waals surface area (Å²) in [5.41, 5.74) is 1.96. The number of aromatic amines is 1. The van der Waals surface area contributed by atoms with E-state index in [4.69, 9.17) is 0 Å². The van der Waals surface area contributed by atoms with Crippen molar-refractivity contribution in [2.45, 2.75) is 18.3 Å². The minimum absolute atomic E-state index is 0.0920. The molecule has 0 saturated heterocycles. The largest absolute Gasteiger partial charge is 0.395 e. The van der Waals surface area contributed by atoms with E-state index in [0.717, 1.165) is 29.9 Å². The van der Waals surface area contributed by atoms with Crippen LogP contribution in [-0.4, -0.2) is 26.7 Å². The summed E-state index contributed by atoms with van der Waals surface area (Å²) in [5.74, 6) is 0.904. The molecule has 0 amide bonds. The van der Waals surface area contributed by atoms with Gasteiger partial charge in [-0.3, -0.25) is 4.98 Å². The second-order valence-corrected chi connectivity index (χ2v) is 4.32. The minimum Gasteiger partial charge on any atom is -0.395 e. The Kier molecular flexibility index (Phi) is 2.04. The van der Waals surface area contributed by atoms with Crippen LogP contribution in [0.1, 0.15) is 18.7 Å². The first-order valence-corrected chi connectivity index (χ1v) is 5.41. The van der Waals surface area contributed by atoms with Gasteiger partial charge >= 0.3 is 0 Å². The van der Waals surface area contributed by atoms with Gasteiger partial charge in [0, 0.05) is 18.0 Å². The number of aliphatic hydroxyl groups is 1. The lowest BCUT2D eigenvalue weighted by molar-refractivity contribution is 0.250. The number of imidazole rings is 1. The molecule has 0 bridgehead atoms. The number of aromatic nitrogens is 3. The quantitative estimate of drug-likeness (QED) is 0.815. The highest BCUT2D eigenvalue weighted by molar-refractivity contribution is 5.57. The lowest BCUT2D eigenvalue weighted by atomic mass is 10.1. The van der Waals surface area contributed by atoms with E-state index < -0.39 is 0 Å². The zero-order valence-electron chi connectivity index (χ0n) is 8.85. The Balaban J connectivity index is 1.94. The van der Waals surface area contributed by atoms with Gasteiger partial charge in [-0.05, 0) is 25.0 Å². The summed E-state index contributed by atoms with van der Waals surface area (Å²) in [7, 11) is 0. The van der Waals surface area contributed by atoms with E-state index in [1.807, 2.05) is 18.3 Å². The average Bonchev–Trinajstić information content (AvgIpc) is 3.00. The van der Waals surface area contributed by atoms with Crippen molar-refractivity contribution in [1.82, 2.24) is 15.0 Å². The van der Waals surface area contributed by atoms with Crippen molar-refractivity contribution in [2.24, 2.45) is 0 Å². The molecule has 3 rings (SSSR count). The molecule has 0 aliphatic heterocycles. The first kappa shape index (κ1) is 9.54. The third kappa shape index (κ3) is 1.42. The molecule has 2 N–H and O–H groups in total. The van der Waals surface area contributed by atoms with Crippen LogP contribution in [0.15, 0.2) is 30.7 Å². The van der Waals surface area contributed by atoms with E-state index in [0.29, 0.717) is 0 Å². The van der Waals surface area contributed by atoms with Crippen LogP contribution in [0.25, 0.3) is 11.3 Å². The van der Waals surface area contributed by atoms with Gasteiger partial charge in [-0.15, -0.1) is 0 Å². The lowest BCUT2D eigenvalue weighted by Gasteiger charge is -2.06. The van der Waals surface area contributed by atoms with Gasteiger partial charge in [0.05, 0.1) is 23.9 Å². The van der Waals surface area contributed by atoms with Gasteiger partial charge in [-0.25, -0.2) is 4.98 Å². The van der Waals surface area contributed by atoms with E-state index in [2.05, 4.69) is 15.0 Å². The maximum atomic E-state index is 9.32. The zero-order valence-corrected chi connectivity index (χ0v) is 8.85. The maximum Gasteiger partial charge on any atom is 0.115 e. The molecule has 0 radical (unpaired) electrons. The summed E-state index contributed by atoms with van der Waals surface area (Å²) in [4.78, 5) is 11.6. The van der Waals surface area contributed by atoms with Crippen molar-refractivity contribution < 1.29 is 5.11 Å². The summed E-state index contributed by atoms with van der Waals surface area (Å²) in [5, 5.41) is 9.32. The highest BCUT2D eigenvalue weighted by Crippen LogP contribution is 2.46. The number of hydrogen-bond donors (Lipinski definition) is 2. The molecule has 1 fully saturated rings. The Morgan fingerprint density at radius 1 is 1.31 bits per heavy atom. The number of hydrogen-bond acceptors (Lipinski definition) is 3. The molecular weight excluding hydrogens is 202 g/mol. The normalized spacial score (nSPS) is 17.3. The summed E-state index contributed by atoms with van der Waals surface area (Å²) in [6, 6.07) is 3.88. The molecule has 0 aromatic carbocycles. The van der Waals surface area contributed by atoms with Crippen LogP contribution >= 0.6 is 0 Å². The summed E-state index contributed by atoms with van der Waals surface area (Å²) in [6.07, 6.45) is 7.38. The number of rotatable bonds is 3. The Bertz CT molecular complexity index is 488. The molecular formula is C12H13N3O. The van der Waals surface area contributed by atoms with Gasteiger partial charge in [0.2, 0.25) is 0 Å². The average molecular weight is 215 g/mol. The first-order valence-electron chi connectivity index (χ1n) is 5.41. The first-order chi connectivity index (χ1) is 7.84. The van der Waals surface area contributed by atoms with Gasteiger partial charge < -0.3 is 10.1 Å². The molecule has 16 heavy (non-hydrogen) atoms. The van der Waals surface area contributed by atoms with Crippen molar-refractivity contribution in [3.05, 3.63) is 36.5 Å². The lowest BCUT2D eigenvalue weighted by Crippen LogP contribution is -2.13. The highest BCUT2D eigenvalue weighted by Gasteiger charge is 2.46. The van der Waals surface area contributed by atoms with E-state index in [-0.39, 0.29) is 12.0 Å².